The van der Waals surface area contributed by atoms with Gasteiger partial charge in [0.15, 0.2) is 0 Å². The Kier molecular flexibility index (Phi) is 9.11. The molecule has 2 aromatic carbocycles. The molecule has 0 fully saturated rings. The molecule has 0 saturated heterocycles. The third-order valence-corrected chi connectivity index (χ3v) is 2.07. The number of hydrogen-bond acceptors (Lipinski definition) is 2. The molecular weight excluding hydrogens is 254 g/mol. The summed E-state index contributed by atoms with van der Waals surface area (Å²) >= 11 is 0. The van der Waals surface area contributed by atoms with Crippen molar-refractivity contribution in [3.8, 4) is 22.6 Å². The minimum absolute atomic E-state index is 0. The van der Waals surface area contributed by atoms with Crippen LogP contribution in [-0.2, 0) is 0 Å². The van der Waals surface area contributed by atoms with Crippen LogP contribution in [0.4, 0.5) is 0 Å². The minimum Gasteiger partial charge on any atom is -0.508 e. The fourth-order valence-electron chi connectivity index (χ4n) is 1.31. The van der Waals surface area contributed by atoms with Gasteiger partial charge in [0.2, 0.25) is 0 Å². The van der Waals surface area contributed by atoms with E-state index >= 15 is 0 Å². The van der Waals surface area contributed by atoms with Gasteiger partial charge in [-0.3, -0.25) is 0 Å². The van der Waals surface area contributed by atoms with Gasteiger partial charge in [0.1, 0.15) is 11.5 Å². The van der Waals surface area contributed by atoms with Crippen molar-refractivity contribution < 1.29 is 10.2 Å². The third kappa shape index (κ3) is 4.90. The van der Waals surface area contributed by atoms with Crippen LogP contribution in [0.2, 0.25) is 0 Å². The minimum atomic E-state index is 0. The van der Waals surface area contributed by atoms with Crippen molar-refractivity contribution >= 4 is 103 Å². The zero-order valence-electron chi connectivity index (χ0n) is 9.51. The van der Waals surface area contributed by atoms with Gasteiger partial charge in [-0.05, 0) is 35.4 Å². The Morgan fingerprint density at radius 3 is 1.00 bits per heavy atom. The van der Waals surface area contributed by atoms with Gasteiger partial charge in [-0.25, -0.2) is 0 Å². The van der Waals surface area contributed by atoms with E-state index < -0.39 is 0 Å². The van der Waals surface area contributed by atoms with E-state index in [0.29, 0.717) is 0 Å². The Morgan fingerprint density at radius 1 is 0.500 bits per heavy atom. The molecule has 2 aromatic rings. The van der Waals surface area contributed by atoms with E-state index in [1.807, 2.05) is 24.3 Å². The van der Waals surface area contributed by atoms with Gasteiger partial charge in [-0.1, -0.05) is 24.3 Å². The summed E-state index contributed by atoms with van der Waals surface area (Å²) < 4.78 is 0. The maximum absolute atomic E-state index is 9.11. The fraction of sp³-hybridized carbons (Fsp3) is 0. The summed E-state index contributed by atoms with van der Waals surface area (Å²) in [4.78, 5) is 0. The fourth-order valence-corrected chi connectivity index (χ4v) is 1.31. The molecule has 72 valence electrons. The predicted octanol–water partition coefficient (Wildman–Crippen LogP) is 2.00. The van der Waals surface area contributed by atoms with Crippen molar-refractivity contribution in [3.63, 3.8) is 0 Å². The second kappa shape index (κ2) is 8.42. The van der Waals surface area contributed by atoms with Gasteiger partial charge in [0, 0.05) is 103 Å². The average Bonchev–Trinajstić information content (AvgIpc) is 2.21. The summed E-state index contributed by atoms with van der Waals surface area (Å²) in [5, 5.41) is 18.2. The maximum Gasteiger partial charge on any atom is 0.115 e. The summed E-state index contributed by atoms with van der Waals surface area (Å²) in [5.41, 5.74) is 2.03. The van der Waals surface area contributed by atoms with E-state index in [1.165, 1.54) is 0 Å². The first kappa shape index (κ1) is 17.3. The van der Waals surface area contributed by atoms with Crippen LogP contribution in [0.5, 0.6) is 11.5 Å². The molecule has 0 aliphatic rings. The molecule has 0 spiro atoms. The molecule has 0 atom stereocenters. The van der Waals surface area contributed by atoms with Crippen molar-refractivity contribution in [1.29, 1.82) is 0 Å². The molecule has 2 rings (SSSR count). The topological polar surface area (TPSA) is 40.5 Å². The largest absolute Gasteiger partial charge is 0.508 e. The van der Waals surface area contributed by atoms with Crippen LogP contribution in [0.25, 0.3) is 11.1 Å². The van der Waals surface area contributed by atoms with Crippen molar-refractivity contribution in [2.75, 3.05) is 0 Å². The molecule has 4 heteroatoms. The second-order valence-electron chi connectivity index (χ2n) is 3.09. The van der Waals surface area contributed by atoms with Gasteiger partial charge < -0.3 is 10.2 Å². The molecule has 0 aromatic heterocycles. The van der Waals surface area contributed by atoms with Crippen LogP contribution in [0.3, 0.4) is 0 Å². The van der Waals surface area contributed by atoms with Gasteiger partial charge in [0.25, 0.3) is 0 Å². The number of phenolic OH excluding ortho intramolecular Hbond substituents is 2. The number of phenols is 2. The van der Waals surface area contributed by atoms with E-state index in [2.05, 4.69) is 0 Å². The summed E-state index contributed by atoms with van der Waals surface area (Å²) in [6.07, 6.45) is 0. The van der Waals surface area contributed by atoms with E-state index in [0.717, 1.165) is 11.1 Å². The Bertz CT molecular complexity index is 380. The van der Waals surface area contributed by atoms with E-state index in [4.69, 9.17) is 10.2 Å². The first-order valence-corrected chi connectivity index (χ1v) is 4.34. The van der Waals surface area contributed by atoms with Crippen molar-refractivity contribution in [1.82, 2.24) is 0 Å². The van der Waals surface area contributed by atoms with Gasteiger partial charge in [0.05, 0.1) is 0 Å². The molecule has 0 aliphatic heterocycles. The van der Waals surface area contributed by atoms with Crippen LogP contribution >= 0.6 is 0 Å². The Labute approximate surface area is 180 Å². The van der Waals surface area contributed by atoms with Gasteiger partial charge in [-0.15, -0.1) is 0 Å². The zero-order valence-corrected chi connectivity index (χ0v) is 15.8. The van der Waals surface area contributed by atoms with Crippen LogP contribution in [0.1, 0.15) is 0 Å². The summed E-state index contributed by atoms with van der Waals surface area (Å²) in [6.45, 7) is 0. The molecule has 2 nitrogen and oxygen atoms in total. The van der Waals surface area contributed by atoms with Crippen LogP contribution in [-0.4, -0.2) is 113 Å². The van der Waals surface area contributed by atoms with Crippen LogP contribution in [0.15, 0.2) is 48.5 Å². The molecule has 0 unspecified atom stereocenters. The molecule has 0 heterocycles. The first-order valence-electron chi connectivity index (χ1n) is 4.34. The predicted molar refractivity (Wildman–Crippen MR) is 66.7 cm³/mol. The first-order chi connectivity index (χ1) is 6.75. The molecule has 2 N–H and O–H groups in total. The van der Waals surface area contributed by atoms with E-state index in [1.54, 1.807) is 24.3 Å². The SMILES string of the molecule is Oc1ccc(-c2ccc(O)cc2)cc1.[K].[K]. The Hall–Kier alpha value is 1.31. The van der Waals surface area contributed by atoms with E-state index in [-0.39, 0.29) is 114 Å². The third-order valence-electron chi connectivity index (χ3n) is 2.07. The molecule has 0 bridgehead atoms. The number of hydrogen-bond donors (Lipinski definition) is 2. The quantitative estimate of drug-likeness (QED) is 0.774. The Balaban J connectivity index is 0.00000112. The van der Waals surface area contributed by atoms with Crippen molar-refractivity contribution in [2.45, 2.75) is 0 Å². The normalized spacial score (nSPS) is 8.75. The van der Waals surface area contributed by atoms with Crippen LogP contribution in [0, 0.1) is 0 Å². The molecule has 2 radical (unpaired) electrons. The molecular formula is C12H10K2O2. The monoisotopic (exact) mass is 264 g/mol. The smallest absolute Gasteiger partial charge is 0.115 e. The molecule has 0 saturated carbocycles. The number of aromatic hydroxyl groups is 2. The molecule has 0 aliphatic carbocycles. The van der Waals surface area contributed by atoms with Crippen LogP contribution < -0.4 is 0 Å². The second-order valence-corrected chi connectivity index (χ2v) is 3.09. The Morgan fingerprint density at radius 2 is 0.750 bits per heavy atom. The average molecular weight is 264 g/mol. The molecule has 16 heavy (non-hydrogen) atoms. The van der Waals surface area contributed by atoms with E-state index in [9.17, 15) is 0 Å². The summed E-state index contributed by atoms with van der Waals surface area (Å²) in [5.74, 6) is 0.514. The molecule has 0 amide bonds. The maximum atomic E-state index is 9.11. The van der Waals surface area contributed by atoms with Crippen molar-refractivity contribution in [2.24, 2.45) is 0 Å². The standard InChI is InChI=1S/C12H10O2.2K/c13-11-5-1-9(2-6-11)10-3-7-12(14)8-4-10;;/h1-8,13-14H;;. The van der Waals surface area contributed by atoms with Crippen molar-refractivity contribution in [3.05, 3.63) is 48.5 Å². The van der Waals surface area contributed by atoms with Gasteiger partial charge >= 0.3 is 0 Å². The zero-order chi connectivity index (χ0) is 9.97. The summed E-state index contributed by atoms with van der Waals surface area (Å²) in [7, 11) is 0. The summed E-state index contributed by atoms with van der Waals surface area (Å²) in [6, 6.07) is 13.9. The number of rotatable bonds is 1. The number of benzene rings is 2. The van der Waals surface area contributed by atoms with Gasteiger partial charge in [-0.2, -0.15) is 0 Å².